The minimum Gasteiger partial charge on any atom is -0.508 e. The molecule has 0 aliphatic carbocycles. The van der Waals surface area contributed by atoms with Crippen molar-refractivity contribution in [2.75, 3.05) is 58.3 Å². The Bertz CT molecular complexity index is 540. The smallest absolute Gasteiger partial charge is 0.198 e. The van der Waals surface area contributed by atoms with Crippen LogP contribution in [0.3, 0.4) is 0 Å². The molecule has 0 amide bonds. The summed E-state index contributed by atoms with van der Waals surface area (Å²) in [6, 6.07) is 5.36. The number of nitrogens with one attached hydrogen (secondary N) is 1. The van der Waals surface area contributed by atoms with Crippen LogP contribution in [0, 0.1) is 6.92 Å². The second kappa shape index (κ2) is 9.49. The first-order valence-corrected chi connectivity index (χ1v) is 8.72. The highest BCUT2D eigenvalue weighted by Crippen LogP contribution is 2.20. The number of hydrogen-bond donors (Lipinski definition) is 2. The van der Waals surface area contributed by atoms with Crippen molar-refractivity contribution in [3.63, 3.8) is 0 Å². The lowest BCUT2D eigenvalue weighted by Gasteiger charge is -2.35. The molecule has 0 radical (unpaired) electrons. The van der Waals surface area contributed by atoms with Crippen LogP contribution in [-0.2, 0) is 4.74 Å². The second-order valence-electron chi connectivity index (χ2n) is 6.17. The van der Waals surface area contributed by atoms with Gasteiger partial charge < -0.3 is 25.0 Å². The quantitative estimate of drug-likeness (QED) is 0.361. The lowest BCUT2D eigenvalue weighted by Crippen LogP contribution is -2.49. The van der Waals surface area contributed by atoms with E-state index in [1.54, 1.807) is 12.1 Å². The summed E-state index contributed by atoms with van der Waals surface area (Å²) in [4.78, 5) is 9.40. The fourth-order valence-corrected chi connectivity index (χ4v) is 2.64. The van der Waals surface area contributed by atoms with Crippen LogP contribution in [0.2, 0.25) is 0 Å². The van der Waals surface area contributed by atoms with Gasteiger partial charge in [-0.25, -0.2) is 0 Å². The first-order valence-electron chi connectivity index (χ1n) is 8.72. The van der Waals surface area contributed by atoms with E-state index < -0.39 is 0 Å². The zero-order valence-electron chi connectivity index (χ0n) is 15.1. The van der Waals surface area contributed by atoms with Crippen LogP contribution in [0.25, 0.3) is 0 Å². The molecule has 2 rings (SSSR count). The summed E-state index contributed by atoms with van der Waals surface area (Å²) in [7, 11) is 2.15. The zero-order chi connectivity index (χ0) is 17.4. The summed E-state index contributed by atoms with van der Waals surface area (Å²) in [5, 5.41) is 13.0. The molecule has 134 valence electrons. The lowest BCUT2D eigenvalue weighted by atomic mass is 10.2. The van der Waals surface area contributed by atoms with E-state index in [0.29, 0.717) is 0 Å². The Kier molecular flexibility index (Phi) is 7.34. The fraction of sp³-hybridized carbons (Fsp3) is 0.611. The summed E-state index contributed by atoms with van der Waals surface area (Å²) in [5.74, 6) is 1.20. The van der Waals surface area contributed by atoms with Crippen molar-refractivity contribution < 1.29 is 9.84 Å². The number of aliphatic imine (C=N–C) groups is 1. The number of ether oxygens (including phenoxy) is 1. The van der Waals surface area contributed by atoms with Gasteiger partial charge in [0, 0.05) is 51.6 Å². The number of phenols is 1. The summed E-state index contributed by atoms with van der Waals surface area (Å²) in [6.45, 7) is 10.2. The van der Waals surface area contributed by atoms with Crippen molar-refractivity contribution in [2.24, 2.45) is 4.99 Å². The normalized spacial score (nSPS) is 16.5. The van der Waals surface area contributed by atoms with Crippen molar-refractivity contribution in [2.45, 2.75) is 20.3 Å². The third-order valence-electron chi connectivity index (χ3n) is 4.17. The zero-order valence-corrected chi connectivity index (χ0v) is 15.1. The molecule has 6 nitrogen and oxygen atoms in total. The van der Waals surface area contributed by atoms with Gasteiger partial charge in [-0.15, -0.1) is 0 Å². The van der Waals surface area contributed by atoms with E-state index in [-0.39, 0.29) is 5.75 Å². The molecule has 2 N–H and O–H groups in total. The van der Waals surface area contributed by atoms with Gasteiger partial charge in [-0.3, -0.25) is 4.99 Å². The van der Waals surface area contributed by atoms with Gasteiger partial charge in [-0.05, 0) is 51.1 Å². The van der Waals surface area contributed by atoms with Crippen molar-refractivity contribution in [1.29, 1.82) is 0 Å². The average molecular weight is 334 g/mol. The van der Waals surface area contributed by atoms with Gasteiger partial charge in [0.1, 0.15) is 5.75 Å². The van der Waals surface area contributed by atoms with Gasteiger partial charge in [0.05, 0.1) is 0 Å². The molecule has 1 aliphatic heterocycles. The number of nitrogens with zero attached hydrogens (tertiary/aromatic N) is 3. The molecule has 6 heteroatoms. The monoisotopic (exact) mass is 334 g/mol. The number of aryl methyl sites for hydroxylation is 1. The third kappa shape index (κ3) is 5.69. The molecule has 1 fully saturated rings. The highest BCUT2D eigenvalue weighted by atomic mass is 16.5. The molecule has 0 unspecified atom stereocenters. The molecule has 0 atom stereocenters. The first-order chi connectivity index (χ1) is 11.6. The number of likely N-dealkylation sites (N-methyl/N-ethyl adjacent to an activating group) is 1. The van der Waals surface area contributed by atoms with E-state index in [9.17, 15) is 5.11 Å². The number of aromatic hydroxyl groups is 1. The molecular formula is C18H30N4O2. The maximum atomic E-state index is 9.59. The van der Waals surface area contributed by atoms with E-state index in [2.05, 4.69) is 22.2 Å². The minimum absolute atomic E-state index is 0.285. The van der Waals surface area contributed by atoms with E-state index in [4.69, 9.17) is 9.73 Å². The molecule has 1 aliphatic rings. The number of rotatable bonds is 6. The van der Waals surface area contributed by atoms with E-state index in [1.807, 2.05) is 19.9 Å². The van der Waals surface area contributed by atoms with Gasteiger partial charge in [0.15, 0.2) is 5.96 Å². The molecule has 0 spiro atoms. The van der Waals surface area contributed by atoms with E-state index in [0.717, 1.165) is 69.6 Å². The molecule has 0 saturated carbocycles. The number of piperazine rings is 1. The number of anilines is 1. The van der Waals surface area contributed by atoms with Crippen molar-refractivity contribution >= 4 is 11.6 Å². The number of phenolic OH excluding ortho intramolecular Hbond substituents is 1. The van der Waals surface area contributed by atoms with Crippen LogP contribution in [-0.4, -0.2) is 73.9 Å². The Morgan fingerprint density at radius 2 is 2.04 bits per heavy atom. The average Bonchev–Trinajstić information content (AvgIpc) is 2.56. The molecule has 1 aromatic rings. The topological polar surface area (TPSA) is 60.3 Å². The number of hydrogen-bond acceptors (Lipinski definition) is 4. The van der Waals surface area contributed by atoms with Crippen LogP contribution in [0.15, 0.2) is 23.2 Å². The third-order valence-corrected chi connectivity index (χ3v) is 4.17. The Morgan fingerprint density at radius 3 is 2.71 bits per heavy atom. The summed E-state index contributed by atoms with van der Waals surface area (Å²) in [6.07, 6.45) is 0.918. The Hall–Kier alpha value is -1.79. The fourth-order valence-electron chi connectivity index (χ4n) is 2.64. The van der Waals surface area contributed by atoms with Crippen molar-refractivity contribution in [1.82, 2.24) is 9.80 Å². The summed E-state index contributed by atoms with van der Waals surface area (Å²) < 4.78 is 5.39. The van der Waals surface area contributed by atoms with Crippen molar-refractivity contribution in [3.8, 4) is 5.75 Å². The number of benzene rings is 1. The minimum atomic E-state index is 0.285. The predicted octanol–water partition coefficient (Wildman–Crippen LogP) is 2.14. The van der Waals surface area contributed by atoms with E-state index >= 15 is 0 Å². The Labute approximate surface area is 145 Å². The van der Waals surface area contributed by atoms with Crippen LogP contribution < -0.4 is 5.32 Å². The van der Waals surface area contributed by atoms with Gasteiger partial charge >= 0.3 is 0 Å². The summed E-state index contributed by atoms with van der Waals surface area (Å²) >= 11 is 0. The van der Waals surface area contributed by atoms with Crippen LogP contribution in [0.4, 0.5) is 5.69 Å². The highest BCUT2D eigenvalue weighted by Gasteiger charge is 2.18. The maximum Gasteiger partial charge on any atom is 0.198 e. The molecule has 1 saturated heterocycles. The van der Waals surface area contributed by atoms with E-state index in [1.165, 1.54) is 0 Å². The van der Waals surface area contributed by atoms with Crippen molar-refractivity contribution in [3.05, 3.63) is 23.8 Å². The molecular weight excluding hydrogens is 304 g/mol. The Balaban J connectivity index is 2.05. The highest BCUT2D eigenvalue weighted by molar-refractivity contribution is 5.94. The first kappa shape index (κ1) is 18.5. The molecule has 0 aromatic heterocycles. The standard InChI is InChI=1S/C18H30N4O2/c1-4-24-13-5-8-19-18(22-11-9-21(3)10-12-22)20-17-7-6-16(23)14-15(17)2/h6-7,14,23H,4-5,8-13H2,1-3H3,(H,19,20). The number of guanidine groups is 1. The van der Waals surface area contributed by atoms with Gasteiger partial charge in [-0.1, -0.05) is 0 Å². The van der Waals surface area contributed by atoms with Crippen LogP contribution >= 0.6 is 0 Å². The molecule has 1 heterocycles. The predicted molar refractivity (Wildman–Crippen MR) is 98.9 cm³/mol. The van der Waals surface area contributed by atoms with Gasteiger partial charge in [0.25, 0.3) is 0 Å². The van der Waals surface area contributed by atoms with Crippen LogP contribution in [0.1, 0.15) is 18.9 Å². The maximum absolute atomic E-state index is 9.59. The second-order valence-corrected chi connectivity index (χ2v) is 6.17. The lowest BCUT2D eigenvalue weighted by molar-refractivity contribution is 0.146. The molecule has 24 heavy (non-hydrogen) atoms. The molecule has 1 aromatic carbocycles. The SMILES string of the molecule is CCOCCCN=C(Nc1ccc(O)cc1C)N1CCN(C)CC1. The summed E-state index contributed by atoms with van der Waals surface area (Å²) in [5.41, 5.74) is 1.99. The Morgan fingerprint density at radius 1 is 1.29 bits per heavy atom. The van der Waals surface area contributed by atoms with Gasteiger partial charge in [-0.2, -0.15) is 0 Å². The van der Waals surface area contributed by atoms with Gasteiger partial charge in [0.2, 0.25) is 0 Å². The molecule has 0 bridgehead atoms. The van der Waals surface area contributed by atoms with Crippen LogP contribution in [0.5, 0.6) is 5.75 Å². The largest absolute Gasteiger partial charge is 0.508 e.